The Morgan fingerprint density at radius 1 is 1.52 bits per heavy atom. The molecule has 1 aromatic rings. The summed E-state index contributed by atoms with van der Waals surface area (Å²) in [4.78, 5) is 21.5. The summed E-state index contributed by atoms with van der Waals surface area (Å²) in [7, 11) is 0. The molecule has 0 aliphatic rings. The Kier molecular flexibility index (Phi) is 6.13. The second kappa shape index (κ2) is 7.61. The highest BCUT2D eigenvalue weighted by molar-refractivity contribution is 5.67. The van der Waals surface area contributed by atoms with E-state index in [2.05, 4.69) is 10.4 Å². The van der Waals surface area contributed by atoms with Crippen LogP contribution in [0.2, 0.25) is 0 Å². The van der Waals surface area contributed by atoms with E-state index in [1.165, 1.54) is 0 Å². The Balaban J connectivity index is 2.94. The van der Waals surface area contributed by atoms with Crippen LogP contribution in [-0.2, 0) is 11.3 Å². The van der Waals surface area contributed by atoms with E-state index < -0.39 is 10.9 Å². The van der Waals surface area contributed by atoms with Gasteiger partial charge in [0.2, 0.25) is 5.82 Å². The van der Waals surface area contributed by atoms with Crippen molar-refractivity contribution in [2.75, 3.05) is 11.9 Å². The third-order valence-electron chi connectivity index (χ3n) is 3.31. The van der Waals surface area contributed by atoms with Gasteiger partial charge in [-0.1, -0.05) is 20.3 Å². The predicted octanol–water partition coefficient (Wildman–Crippen LogP) is 2.42. The van der Waals surface area contributed by atoms with Crippen LogP contribution in [0.25, 0.3) is 0 Å². The zero-order chi connectivity index (χ0) is 16.0. The Hall–Kier alpha value is -2.12. The van der Waals surface area contributed by atoms with Gasteiger partial charge in [-0.2, -0.15) is 5.10 Å². The first-order chi connectivity index (χ1) is 9.90. The molecule has 1 heterocycles. The summed E-state index contributed by atoms with van der Waals surface area (Å²) in [6.07, 6.45) is 1.53. The van der Waals surface area contributed by atoms with Gasteiger partial charge >= 0.3 is 11.7 Å². The van der Waals surface area contributed by atoms with Crippen LogP contribution >= 0.6 is 0 Å². The SMILES string of the molecule is CCCn1nc(C)c([N+](=O)[O-])c1NCC(CC)CC(=O)O. The molecule has 0 radical (unpaired) electrons. The molecular weight excluding hydrogens is 276 g/mol. The minimum Gasteiger partial charge on any atom is -0.481 e. The smallest absolute Gasteiger partial charge is 0.333 e. The summed E-state index contributed by atoms with van der Waals surface area (Å²) in [5, 5.41) is 27.2. The van der Waals surface area contributed by atoms with Crippen LogP contribution in [0.5, 0.6) is 0 Å². The highest BCUT2D eigenvalue weighted by Crippen LogP contribution is 2.28. The number of nitrogens with one attached hydrogen (secondary N) is 1. The quantitative estimate of drug-likeness (QED) is 0.535. The number of nitro groups is 1. The number of carboxylic acids is 1. The molecule has 0 saturated heterocycles. The molecule has 21 heavy (non-hydrogen) atoms. The number of hydrogen-bond donors (Lipinski definition) is 2. The number of aromatic nitrogens is 2. The molecule has 0 bridgehead atoms. The van der Waals surface area contributed by atoms with E-state index in [9.17, 15) is 14.9 Å². The first-order valence-corrected chi connectivity index (χ1v) is 7.08. The maximum absolute atomic E-state index is 11.2. The molecule has 0 amide bonds. The molecule has 8 heteroatoms. The van der Waals surface area contributed by atoms with E-state index >= 15 is 0 Å². The summed E-state index contributed by atoms with van der Waals surface area (Å²) in [5.74, 6) is -0.577. The van der Waals surface area contributed by atoms with Gasteiger partial charge in [0.25, 0.3) is 0 Å². The molecule has 0 saturated carbocycles. The van der Waals surface area contributed by atoms with E-state index in [1.54, 1.807) is 11.6 Å². The third kappa shape index (κ3) is 4.44. The van der Waals surface area contributed by atoms with Crippen molar-refractivity contribution in [3.05, 3.63) is 15.8 Å². The first kappa shape index (κ1) is 16.9. The molecule has 1 atom stereocenters. The van der Waals surface area contributed by atoms with Crippen molar-refractivity contribution in [3.8, 4) is 0 Å². The van der Waals surface area contributed by atoms with Gasteiger partial charge in [-0.15, -0.1) is 0 Å². The van der Waals surface area contributed by atoms with Crippen molar-refractivity contribution >= 4 is 17.5 Å². The lowest BCUT2D eigenvalue weighted by Crippen LogP contribution is -2.19. The van der Waals surface area contributed by atoms with Crippen LogP contribution in [0.4, 0.5) is 11.5 Å². The third-order valence-corrected chi connectivity index (χ3v) is 3.31. The minimum absolute atomic E-state index is 0.0337. The van der Waals surface area contributed by atoms with Gasteiger partial charge in [0.05, 0.1) is 4.92 Å². The predicted molar refractivity (Wildman–Crippen MR) is 78.4 cm³/mol. The molecule has 2 N–H and O–H groups in total. The standard InChI is InChI=1S/C13H22N4O4/c1-4-6-16-13(12(17(20)21)9(3)15-16)14-8-10(5-2)7-11(18)19/h10,14H,4-8H2,1-3H3,(H,18,19). The fourth-order valence-corrected chi connectivity index (χ4v) is 2.19. The first-order valence-electron chi connectivity index (χ1n) is 7.08. The fourth-order valence-electron chi connectivity index (χ4n) is 2.19. The molecule has 1 aromatic heterocycles. The second-order valence-corrected chi connectivity index (χ2v) is 5.02. The lowest BCUT2D eigenvalue weighted by molar-refractivity contribution is -0.384. The maximum Gasteiger partial charge on any atom is 0.333 e. The van der Waals surface area contributed by atoms with Crippen molar-refractivity contribution in [1.29, 1.82) is 0 Å². The lowest BCUT2D eigenvalue weighted by atomic mass is 10.0. The highest BCUT2D eigenvalue weighted by Gasteiger charge is 2.25. The van der Waals surface area contributed by atoms with E-state index in [0.29, 0.717) is 31.0 Å². The molecular formula is C13H22N4O4. The van der Waals surface area contributed by atoms with Crippen molar-refractivity contribution in [2.45, 2.75) is 46.6 Å². The van der Waals surface area contributed by atoms with Crippen LogP contribution in [0.15, 0.2) is 0 Å². The molecule has 0 aliphatic carbocycles. The average Bonchev–Trinajstić information content (AvgIpc) is 2.70. The number of rotatable bonds is 9. The number of hydrogen-bond acceptors (Lipinski definition) is 5. The molecule has 1 unspecified atom stereocenters. The van der Waals surface area contributed by atoms with E-state index in [1.807, 2.05) is 13.8 Å². The zero-order valence-electron chi connectivity index (χ0n) is 12.6. The molecule has 8 nitrogen and oxygen atoms in total. The summed E-state index contributed by atoms with van der Waals surface area (Å²) in [6.45, 7) is 6.42. The maximum atomic E-state index is 11.2. The van der Waals surface area contributed by atoms with Gasteiger partial charge in [-0.3, -0.25) is 14.9 Å². The number of carboxylic acid groups (broad SMARTS) is 1. The van der Waals surface area contributed by atoms with Crippen LogP contribution in [0.1, 0.15) is 38.8 Å². The molecule has 118 valence electrons. The van der Waals surface area contributed by atoms with Crippen LogP contribution in [-0.4, -0.2) is 32.3 Å². The van der Waals surface area contributed by atoms with Gasteiger partial charge in [-0.05, 0) is 19.3 Å². The number of nitrogens with zero attached hydrogens (tertiary/aromatic N) is 3. The molecule has 0 spiro atoms. The fraction of sp³-hybridized carbons (Fsp3) is 0.692. The number of aliphatic carboxylic acids is 1. The summed E-state index contributed by atoms with van der Waals surface area (Å²) in [6, 6.07) is 0. The number of carbonyl (C=O) groups is 1. The van der Waals surface area contributed by atoms with Crippen molar-refractivity contribution in [1.82, 2.24) is 9.78 Å². The Morgan fingerprint density at radius 2 is 2.19 bits per heavy atom. The number of aryl methyl sites for hydroxylation is 2. The Morgan fingerprint density at radius 3 is 2.67 bits per heavy atom. The second-order valence-electron chi connectivity index (χ2n) is 5.02. The largest absolute Gasteiger partial charge is 0.481 e. The summed E-state index contributed by atoms with van der Waals surface area (Å²) >= 11 is 0. The van der Waals surface area contributed by atoms with Crippen molar-refractivity contribution < 1.29 is 14.8 Å². The monoisotopic (exact) mass is 298 g/mol. The lowest BCUT2D eigenvalue weighted by Gasteiger charge is -2.14. The van der Waals surface area contributed by atoms with E-state index in [-0.39, 0.29) is 18.0 Å². The van der Waals surface area contributed by atoms with E-state index in [4.69, 9.17) is 5.11 Å². The van der Waals surface area contributed by atoms with Crippen molar-refractivity contribution in [2.24, 2.45) is 5.92 Å². The van der Waals surface area contributed by atoms with Crippen LogP contribution < -0.4 is 5.32 Å². The highest BCUT2D eigenvalue weighted by atomic mass is 16.6. The molecule has 0 aliphatic heterocycles. The Bertz CT molecular complexity index is 513. The van der Waals surface area contributed by atoms with Crippen molar-refractivity contribution in [3.63, 3.8) is 0 Å². The van der Waals surface area contributed by atoms with E-state index in [0.717, 1.165) is 6.42 Å². The minimum atomic E-state index is -0.864. The van der Waals surface area contributed by atoms with Crippen LogP contribution in [0.3, 0.4) is 0 Å². The molecule has 0 fully saturated rings. The van der Waals surface area contributed by atoms with Crippen LogP contribution in [0, 0.1) is 23.0 Å². The van der Waals surface area contributed by atoms with Gasteiger partial charge in [0, 0.05) is 19.5 Å². The number of anilines is 1. The zero-order valence-corrected chi connectivity index (χ0v) is 12.6. The normalized spacial score (nSPS) is 12.1. The summed E-state index contributed by atoms with van der Waals surface area (Å²) < 4.78 is 1.58. The van der Waals surface area contributed by atoms with Gasteiger partial charge in [-0.25, -0.2) is 4.68 Å². The topological polar surface area (TPSA) is 110 Å². The van der Waals surface area contributed by atoms with Gasteiger partial charge < -0.3 is 10.4 Å². The summed E-state index contributed by atoms with van der Waals surface area (Å²) in [5.41, 5.74) is 0.330. The van der Waals surface area contributed by atoms with Gasteiger partial charge in [0.15, 0.2) is 0 Å². The Labute approximate surface area is 123 Å². The van der Waals surface area contributed by atoms with Gasteiger partial charge in [0.1, 0.15) is 5.69 Å². The molecule has 1 rings (SSSR count). The molecule has 0 aromatic carbocycles. The average molecular weight is 298 g/mol.